The number of carbonyl (C=O) groups excluding carboxylic acids is 1. The third-order valence-corrected chi connectivity index (χ3v) is 4.74. The van der Waals surface area contributed by atoms with Crippen LogP contribution in [0.4, 0.5) is 0 Å². The van der Waals surface area contributed by atoms with E-state index in [-0.39, 0.29) is 11.5 Å². The van der Waals surface area contributed by atoms with Gasteiger partial charge in [-0.3, -0.25) is 0 Å². The molecule has 27 heavy (non-hydrogen) atoms. The van der Waals surface area contributed by atoms with Gasteiger partial charge in [-0.15, -0.1) is 0 Å². The second kappa shape index (κ2) is 7.88. The summed E-state index contributed by atoms with van der Waals surface area (Å²) < 4.78 is 16.7. The first kappa shape index (κ1) is 19.0. The first-order valence-corrected chi connectivity index (χ1v) is 9.10. The van der Waals surface area contributed by atoms with Crippen molar-refractivity contribution in [1.29, 1.82) is 0 Å². The lowest BCUT2D eigenvalue weighted by atomic mass is 10.1. The number of benzene rings is 1. The number of esters is 1. The highest BCUT2D eigenvalue weighted by molar-refractivity contribution is 5.88. The number of allylic oxidation sites excluding steroid dienone is 2. The standard InChI is InChI=1S/C21H26N2O4/c1-14(2)20(24)27-16-7-5-15(6-8-16)25-11-3-4-12-26-19-10-9-18(22)17-13-21(17,19)23/h5-10,17H,1,3-4,11-13,22-23H2,2H3. The molecule has 1 aromatic carbocycles. The largest absolute Gasteiger partial charge is 0.496 e. The Hall–Kier alpha value is -2.73. The van der Waals surface area contributed by atoms with Crippen LogP contribution < -0.4 is 20.9 Å². The van der Waals surface area contributed by atoms with Crippen molar-refractivity contribution < 1.29 is 19.0 Å². The predicted molar refractivity (Wildman–Crippen MR) is 103 cm³/mol. The van der Waals surface area contributed by atoms with Crippen molar-refractivity contribution in [3.8, 4) is 11.5 Å². The van der Waals surface area contributed by atoms with Crippen LogP contribution in [0.1, 0.15) is 26.2 Å². The maximum atomic E-state index is 11.5. The molecule has 0 saturated heterocycles. The summed E-state index contributed by atoms with van der Waals surface area (Å²) in [5.74, 6) is 1.82. The molecule has 0 amide bonds. The Labute approximate surface area is 159 Å². The van der Waals surface area contributed by atoms with E-state index in [4.69, 9.17) is 25.7 Å². The number of rotatable bonds is 9. The molecule has 2 aliphatic rings. The van der Waals surface area contributed by atoms with E-state index in [9.17, 15) is 4.79 Å². The van der Waals surface area contributed by atoms with E-state index in [1.54, 1.807) is 31.2 Å². The van der Waals surface area contributed by atoms with Crippen LogP contribution in [0.25, 0.3) is 0 Å². The summed E-state index contributed by atoms with van der Waals surface area (Å²) in [6.45, 7) is 6.34. The minimum atomic E-state index is -0.438. The fraction of sp³-hybridized carbons (Fsp3) is 0.381. The smallest absolute Gasteiger partial charge is 0.338 e. The van der Waals surface area contributed by atoms with E-state index in [1.807, 2.05) is 12.2 Å². The topological polar surface area (TPSA) is 96.8 Å². The van der Waals surface area contributed by atoms with Crippen LogP contribution in [0.2, 0.25) is 0 Å². The summed E-state index contributed by atoms with van der Waals surface area (Å²) in [5, 5.41) is 0. The number of carbonyl (C=O) groups is 1. The molecule has 1 aromatic rings. The van der Waals surface area contributed by atoms with Gasteiger partial charge in [0, 0.05) is 17.2 Å². The molecular weight excluding hydrogens is 344 g/mol. The molecule has 2 atom stereocenters. The molecule has 1 saturated carbocycles. The van der Waals surface area contributed by atoms with Crippen LogP contribution in [-0.4, -0.2) is 24.7 Å². The van der Waals surface area contributed by atoms with Gasteiger partial charge in [-0.1, -0.05) is 6.58 Å². The Kier molecular flexibility index (Phi) is 5.56. The monoisotopic (exact) mass is 370 g/mol. The molecule has 2 aliphatic carbocycles. The van der Waals surface area contributed by atoms with Gasteiger partial charge in [0.15, 0.2) is 0 Å². The SMILES string of the molecule is C=C(C)C(=O)Oc1ccc(OCCCCOC2=CC=C(N)C3CC23N)cc1. The lowest BCUT2D eigenvalue weighted by Crippen LogP contribution is -2.32. The number of hydrogen-bond acceptors (Lipinski definition) is 6. The summed E-state index contributed by atoms with van der Waals surface area (Å²) in [7, 11) is 0. The van der Waals surface area contributed by atoms with Gasteiger partial charge < -0.3 is 25.7 Å². The molecule has 3 rings (SSSR count). The second-order valence-corrected chi connectivity index (χ2v) is 7.04. The zero-order chi connectivity index (χ0) is 19.4. The predicted octanol–water partition coefficient (Wildman–Crippen LogP) is 2.80. The molecular formula is C21H26N2O4. The van der Waals surface area contributed by atoms with Crippen molar-refractivity contribution in [2.75, 3.05) is 13.2 Å². The van der Waals surface area contributed by atoms with Gasteiger partial charge in [0.25, 0.3) is 0 Å². The Bertz CT molecular complexity index is 782. The summed E-state index contributed by atoms with van der Waals surface area (Å²) in [6.07, 6.45) is 6.36. The van der Waals surface area contributed by atoms with E-state index in [1.165, 1.54) is 0 Å². The van der Waals surface area contributed by atoms with Gasteiger partial charge in [0.2, 0.25) is 0 Å². The fourth-order valence-electron chi connectivity index (χ4n) is 2.97. The van der Waals surface area contributed by atoms with E-state index < -0.39 is 5.97 Å². The summed E-state index contributed by atoms with van der Waals surface area (Å²) in [6, 6.07) is 6.93. The van der Waals surface area contributed by atoms with E-state index in [0.29, 0.717) is 24.5 Å². The maximum Gasteiger partial charge on any atom is 0.338 e. The Balaban J connectivity index is 1.33. The van der Waals surface area contributed by atoms with Crippen LogP contribution in [0, 0.1) is 5.92 Å². The molecule has 6 nitrogen and oxygen atoms in total. The Morgan fingerprint density at radius 3 is 2.44 bits per heavy atom. The molecule has 6 heteroatoms. The van der Waals surface area contributed by atoms with E-state index in [0.717, 1.165) is 36.5 Å². The highest BCUT2D eigenvalue weighted by Gasteiger charge is 2.57. The molecule has 0 heterocycles. The highest BCUT2D eigenvalue weighted by atomic mass is 16.5. The van der Waals surface area contributed by atoms with Crippen molar-refractivity contribution in [1.82, 2.24) is 0 Å². The molecule has 0 aliphatic heterocycles. The molecule has 144 valence electrons. The first-order valence-electron chi connectivity index (χ1n) is 9.10. The lowest BCUT2D eigenvalue weighted by Gasteiger charge is -2.20. The van der Waals surface area contributed by atoms with Crippen LogP contribution in [0.5, 0.6) is 11.5 Å². The Morgan fingerprint density at radius 1 is 1.15 bits per heavy atom. The molecule has 1 fully saturated rings. The van der Waals surface area contributed by atoms with Gasteiger partial charge in [0.1, 0.15) is 17.3 Å². The summed E-state index contributed by atoms with van der Waals surface area (Å²) in [5.41, 5.74) is 13.0. The zero-order valence-corrected chi connectivity index (χ0v) is 15.6. The van der Waals surface area contributed by atoms with Crippen molar-refractivity contribution in [3.05, 3.63) is 60.0 Å². The number of unbranched alkanes of at least 4 members (excludes halogenated alkanes) is 1. The number of hydrogen-bond donors (Lipinski definition) is 2. The molecule has 0 aromatic heterocycles. The maximum absolute atomic E-state index is 11.5. The molecule has 0 radical (unpaired) electrons. The second-order valence-electron chi connectivity index (χ2n) is 7.04. The fourth-order valence-corrected chi connectivity index (χ4v) is 2.97. The third kappa shape index (κ3) is 4.52. The summed E-state index contributed by atoms with van der Waals surface area (Å²) in [4.78, 5) is 11.5. The van der Waals surface area contributed by atoms with E-state index in [2.05, 4.69) is 6.58 Å². The molecule has 2 unspecified atom stereocenters. The molecule has 0 spiro atoms. The molecule has 4 N–H and O–H groups in total. The minimum absolute atomic E-state index is 0.235. The van der Waals surface area contributed by atoms with Crippen molar-refractivity contribution in [3.63, 3.8) is 0 Å². The van der Waals surface area contributed by atoms with Crippen molar-refractivity contribution >= 4 is 5.97 Å². The number of nitrogens with two attached hydrogens (primary N) is 2. The van der Waals surface area contributed by atoms with Gasteiger partial charge in [-0.2, -0.15) is 0 Å². The zero-order valence-electron chi connectivity index (χ0n) is 15.6. The lowest BCUT2D eigenvalue weighted by molar-refractivity contribution is -0.130. The van der Waals surface area contributed by atoms with Crippen LogP contribution >= 0.6 is 0 Å². The van der Waals surface area contributed by atoms with Crippen molar-refractivity contribution in [2.24, 2.45) is 17.4 Å². The third-order valence-electron chi connectivity index (χ3n) is 4.74. The van der Waals surface area contributed by atoms with Crippen LogP contribution in [-0.2, 0) is 9.53 Å². The average molecular weight is 370 g/mol. The minimum Gasteiger partial charge on any atom is -0.496 e. The molecule has 0 bridgehead atoms. The normalized spacial score (nSPS) is 22.8. The first-order chi connectivity index (χ1) is 12.9. The number of ether oxygens (including phenoxy) is 3. The van der Waals surface area contributed by atoms with Crippen LogP contribution in [0.15, 0.2) is 60.0 Å². The number of fused-ring (bicyclic) bond motifs is 1. The quantitative estimate of drug-likeness (QED) is 0.300. The van der Waals surface area contributed by atoms with Gasteiger partial charge in [0.05, 0.1) is 18.8 Å². The van der Waals surface area contributed by atoms with Crippen LogP contribution in [0.3, 0.4) is 0 Å². The van der Waals surface area contributed by atoms with Crippen molar-refractivity contribution in [2.45, 2.75) is 31.7 Å². The van der Waals surface area contributed by atoms with Gasteiger partial charge >= 0.3 is 5.97 Å². The Morgan fingerprint density at radius 2 is 1.78 bits per heavy atom. The van der Waals surface area contributed by atoms with Gasteiger partial charge in [-0.05, 0) is 62.6 Å². The highest BCUT2D eigenvalue weighted by Crippen LogP contribution is 2.52. The van der Waals surface area contributed by atoms with E-state index >= 15 is 0 Å². The summed E-state index contributed by atoms with van der Waals surface area (Å²) >= 11 is 0. The average Bonchev–Trinajstić information content (AvgIpc) is 3.35. The van der Waals surface area contributed by atoms with Gasteiger partial charge in [-0.25, -0.2) is 4.79 Å².